The Bertz CT molecular complexity index is 575. The number of nitrogens with one attached hydrogen (secondary N) is 1. The van der Waals surface area contributed by atoms with E-state index in [2.05, 4.69) is 10.2 Å². The molecule has 0 atom stereocenters. The van der Waals surface area contributed by atoms with Crippen molar-refractivity contribution in [3.8, 4) is 5.75 Å². The molecule has 2 fully saturated rings. The molecule has 1 saturated heterocycles. The molecule has 1 aliphatic heterocycles. The number of urea groups is 1. The third-order valence-corrected chi connectivity index (χ3v) is 5.51. The number of rotatable bonds is 6. The largest absolute Gasteiger partial charge is 0.494 e. The first-order valence-electron chi connectivity index (χ1n) is 10.4. The molecule has 0 spiro atoms. The van der Waals surface area contributed by atoms with E-state index in [0.29, 0.717) is 18.4 Å². The van der Waals surface area contributed by atoms with Crippen molar-refractivity contribution in [1.82, 2.24) is 15.1 Å². The zero-order chi connectivity index (χ0) is 18.9. The molecule has 0 aromatic heterocycles. The molecule has 1 heterocycles. The minimum absolute atomic E-state index is 0.114. The second-order valence-corrected chi connectivity index (χ2v) is 7.62. The van der Waals surface area contributed by atoms with Crippen molar-refractivity contribution in [2.45, 2.75) is 51.0 Å². The minimum atomic E-state index is -0.246. The van der Waals surface area contributed by atoms with Crippen LogP contribution in [-0.2, 0) is 0 Å². The van der Waals surface area contributed by atoms with Crippen molar-refractivity contribution in [3.05, 3.63) is 30.1 Å². The van der Waals surface area contributed by atoms with Crippen LogP contribution in [0.15, 0.2) is 24.3 Å². The maximum Gasteiger partial charge on any atom is 0.317 e. The molecule has 2 aliphatic rings. The van der Waals surface area contributed by atoms with Crippen LogP contribution in [0.3, 0.4) is 0 Å². The first-order chi connectivity index (χ1) is 13.2. The molecule has 6 heteroatoms. The first kappa shape index (κ1) is 19.9. The molecule has 3 rings (SSSR count). The third kappa shape index (κ3) is 6.69. The van der Waals surface area contributed by atoms with E-state index in [-0.39, 0.29) is 11.8 Å². The summed E-state index contributed by atoms with van der Waals surface area (Å²) in [4.78, 5) is 16.9. The Morgan fingerprint density at radius 3 is 2.59 bits per heavy atom. The highest BCUT2D eigenvalue weighted by atomic mass is 19.1. The van der Waals surface area contributed by atoms with Crippen molar-refractivity contribution in [2.24, 2.45) is 0 Å². The number of benzene rings is 1. The first-order valence-corrected chi connectivity index (χ1v) is 10.4. The van der Waals surface area contributed by atoms with Gasteiger partial charge in [-0.15, -0.1) is 0 Å². The van der Waals surface area contributed by atoms with Gasteiger partial charge in [0.2, 0.25) is 0 Å². The number of carbonyl (C=O) groups is 1. The summed E-state index contributed by atoms with van der Waals surface area (Å²) in [5.74, 6) is 0.460. The number of amides is 2. The number of carbonyl (C=O) groups excluding carboxylic acids is 1. The summed E-state index contributed by atoms with van der Waals surface area (Å²) in [6, 6.07) is 6.63. The highest BCUT2D eigenvalue weighted by Gasteiger charge is 2.22. The lowest BCUT2D eigenvalue weighted by Crippen LogP contribution is -2.46. The average Bonchev–Trinajstić information content (AvgIpc) is 2.93. The van der Waals surface area contributed by atoms with Gasteiger partial charge in [-0.2, -0.15) is 0 Å². The Morgan fingerprint density at radius 2 is 1.81 bits per heavy atom. The number of nitrogens with zero attached hydrogens (tertiary/aromatic N) is 2. The van der Waals surface area contributed by atoms with E-state index in [1.807, 2.05) is 4.90 Å². The van der Waals surface area contributed by atoms with Gasteiger partial charge in [0, 0.05) is 32.2 Å². The third-order valence-electron chi connectivity index (χ3n) is 5.51. The Labute approximate surface area is 161 Å². The highest BCUT2D eigenvalue weighted by molar-refractivity contribution is 5.74. The number of ether oxygens (including phenoxy) is 1. The predicted molar refractivity (Wildman–Crippen MR) is 105 cm³/mol. The topological polar surface area (TPSA) is 44.8 Å². The molecule has 0 unspecified atom stereocenters. The maximum atomic E-state index is 12.9. The SMILES string of the molecule is O=C(NC1CCCCC1)N1CCCN(CCCOc2ccc(F)cc2)CC1. The summed E-state index contributed by atoms with van der Waals surface area (Å²) in [6.07, 6.45) is 7.95. The van der Waals surface area contributed by atoms with Crippen molar-refractivity contribution in [2.75, 3.05) is 39.3 Å². The second kappa shape index (κ2) is 10.5. The summed E-state index contributed by atoms with van der Waals surface area (Å²) in [5, 5.41) is 3.23. The van der Waals surface area contributed by atoms with Gasteiger partial charge in [0.1, 0.15) is 11.6 Å². The van der Waals surface area contributed by atoms with Crippen molar-refractivity contribution in [1.29, 1.82) is 0 Å². The van der Waals surface area contributed by atoms with E-state index in [9.17, 15) is 9.18 Å². The van der Waals surface area contributed by atoms with Gasteiger partial charge in [0.15, 0.2) is 0 Å². The predicted octanol–water partition coefficient (Wildman–Crippen LogP) is 3.64. The monoisotopic (exact) mass is 377 g/mol. The van der Waals surface area contributed by atoms with Gasteiger partial charge in [-0.05, 0) is 56.5 Å². The lowest BCUT2D eigenvalue weighted by atomic mass is 9.96. The van der Waals surface area contributed by atoms with Crippen LogP contribution in [0.5, 0.6) is 5.75 Å². The average molecular weight is 378 g/mol. The van der Waals surface area contributed by atoms with Crippen LogP contribution in [0.1, 0.15) is 44.9 Å². The summed E-state index contributed by atoms with van der Waals surface area (Å²) in [5.41, 5.74) is 0. The van der Waals surface area contributed by atoms with Gasteiger partial charge in [-0.25, -0.2) is 9.18 Å². The van der Waals surface area contributed by atoms with Crippen molar-refractivity contribution in [3.63, 3.8) is 0 Å². The summed E-state index contributed by atoms with van der Waals surface area (Å²) < 4.78 is 18.5. The molecule has 27 heavy (non-hydrogen) atoms. The number of halogens is 1. The van der Waals surface area contributed by atoms with E-state index < -0.39 is 0 Å². The molecule has 1 aromatic rings. The smallest absolute Gasteiger partial charge is 0.317 e. The fourth-order valence-corrected chi connectivity index (χ4v) is 3.92. The Morgan fingerprint density at radius 1 is 1.04 bits per heavy atom. The van der Waals surface area contributed by atoms with Crippen LogP contribution in [0.25, 0.3) is 0 Å². The van der Waals surface area contributed by atoms with Gasteiger partial charge < -0.3 is 19.9 Å². The standard InChI is InChI=1S/C21H32FN3O2/c22-18-8-10-20(11-9-18)27-17-5-13-24-12-4-14-25(16-15-24)21(26)23-19-6-2-1-3-7-19/h8-11,19H,1-7,12-17H2,(H,23,26). The lowest BCUT2D eigenvalue weighted by molar-refractivity contribution is 0.189. The van der Waals surface area contributed by atoms with Gasteiger partial charge in [0.25, 0.3) is 0 Å². The fourth-order valence-electron chi connectivity index (χ4n) is 3.92. The molecular weight excluding hydrogens is 345 g/mol. The molecule has 0 bridgehead atoms. The zero-order valence-corrected chi connectivity index (χ0v) is 16.2. The Kier molecular flexibility index (Phi) is 7.75. The summed E-state index contributed by atoms with van der Waals surface area (Å²) in [6.45, 7) is 5.13. The van der Waals surface area contributed by atoms with E-state index in [0.717, 1.165) is 58.4 Å². The molecular formula is C21H32FN3O2. The number of hydrogen-bond donors (Lipinski definition) is 1. The Hall–Kier alpha value is -1.82. The summed E-state index contributed by atoms with van der Waals surface area (Å²) in [7, 11) is 0. The van der Waals surface area contributed by atoms with Gasteiger partial charge >= 0.3 is 6.03 Å². The minimum Gasteiger partial charge on any atom is -0.494 e. The van der Waals surface area contributed by atoms with E-state index in [1.165, 1.54) is 31.4 Å². The van der Waals surface area contributed by atoms with E-state index >= 15 is 0 Å². The van der Waals surface area contributed by atoms with Gasteiger partial charge in [-0.3, -0.25) is 0 Å². The maximum absolute atomic E-state index is 12.9. The quantitative estimate of drug-likeness (QED) is 0.770. The molecule has 1 aliphatic carbocycles. The van der Waals surface area contributed by atoms with Crippen LogP contribution in [-0.4, -0.2) is 61.2 Å². The van der Waals surface area contributed by atoms with Crippen LogP contribution in [0.4, 0.5) is 9.18 Å². The lowest BCUT2D eigenvalue weighted by Gasteiger charge is -2.27. The van der Waals surface area contributed by atoms with E-state index in [4.69, 9.17) is 4.74 Å². The van der Waals surface area contributed by atoms with E-state index in [1.54, 1.807) is 12.1 Å². The van der Waals surface area contributed by atoms with Crippen LogP contribution < -0.4 is 10.1 Å². The number of hydrogen-bond acceptors (Lipinski definition) is 3. The highest BCUT2D eigenvalue weighted by Crippen LogP contribution is 2.18. The molecule has 5 nitrogen and oxygen atoms in total. The Balaban J connectivity index is 1.33. The summed E-state index contributed by atoms with van der Waals surface area (Å²) >= 11 is 0. The normalized spacial score (nSPS) is 19.5. The van der Waals surface area contributed by atoms with Crippen molar-refractivity contribution >= 4 is 6.03 Å². The van der Waals surface area contributed by atoms with Gasteiger partial charge in [0.05, 0.1) is 6.61 Å². The molecule has 0 radical (unpaired) electrons. The molecule has 1 aromatic carbocycles. The van der Waals surface area contributed by atoms with Crippen LogP contribution >= 0.6 is 0 Å². The van der Waals surface area contributed by atoms with Gasteiger partial charge in [-0.1, -0.05) is 19.3 Å². The van der Waals surface area contributed by atoms with Crippen LogP contribution in [0, 0.1) is 5.82 Å². The molecule has 2 amide bonds. The van der Waals surface area contributed by atoms with Crippen LogP contribution in [0.2, 0.25) is 0 Å². The van der Waals surface area contributed by atoms with Crippen molar-refractivity contribution < 1.29 is 13.9 Å². The molecule has 1 N–H and O–H groups in total. The zero-order valence-electron chi connectivity index (χ0n) is 16.2. The molecule has 1 saturated carbocycles. The molecule has 150 valence electrons. The fraction of sp³-hybridized carbons (Fsp3) is 0.667. The second-order valence-electron chi connectivity index (χ2n) is 7.62.